The molecule has 0 saturated heterocycles. The van der Waals surface area contributed by atoms with Crippen LogP contribution in [-0.2, 0) is 14.8 Å². The molecule has 0 saturated carbocycles. The number of sulfonamides is 1. The fraction of sp³-hybridized carbons (Fsp3) is 0.300. The standard InChI is InChI=1S/C20H24N2O4S/c1-14-9-10-19(12-15(14)2)27(25,26)21-11-5-8-20(24)22-18-7-4-6-17(13-18)16(3)23/h4,6-7,9-10,12-13,21H,5,8,11H2,1-3H3,(H,22,24). The third kappa shape index (κ3) is 6.01. The van der Waals surface area contributed by atoms with Gasteiger partial charge in [0.1, 0.15) is 0 Å². The van der Waals surface area contributed by atoms with E-state index in [1.54, 1.807) is 42.5 Å². The molecule has 144 valence electrons. The smallest absolute Gasteiger partial charge is 0.240 e. The average molecular weight is 388 g/mol. The average Bonchev–Trinajstić information content (AvgIpc) is 2.61. The van der Waals surface area contributed by atoms with Gasteiger partial charge in [-0.3, -0.25) is 9.59 Å². The van der Waals surface area contributed by atoms with E-state index in [-0.39, 0.29) is 29.6 Å². The van der Waals surface area contributed by atoms with Crippen molar-refractivity contribution in [2.75, 3.05) is 11.9 Å². The zero-order valence-electron chi connectivity index (χ0n) is 15.7. The van der Waals surface area contributed by atoms with Crippen molar-refractivity contribution in [3.8, 4) is 0 Å². The highest BCUT2D eigenvalue weighted by Gasteiger charge is 2.14. The van der Waals surface area contributed by atoms with Gasteiger partial charge in [0.2, 0.25) is 15.9 Å². The van der Waals surface area contributed by atoms with Gasteiger partial charge in [-0.25, -0.2) is 13.1 Å². The van der Waals surface area contributed by atoms with Crippen LogP contribution in [0.3, 0.4) is 0 Å². The maximum absolute atomic E-state index is 12.3. The van der Waals surface area contributed by atoms with Gasteiger partial charge in [0, 0.05) is 24.2 Å². The highest BCUT2D eigenvalue weighted by Crippen LogP contribution is 2.15. The number of carbonyl (C=O) groups excluding carboxylic acids is 2. The summed E-state index contributed by atoms with van der Waals surface area (Å²) in [6.45, 7) is 5.41. The van der Waals surface area contributed by atoms with Gasteiger partial charge >= 0.3 is 0 Å². The van der Waals surface area contributed by atoms with E-state index in [0.717, 1.165) is 11.1 Å². The van der Waals surface area contributed by atoms with Crippen LogP contribution >= 0.6 is 0 Å². The van der Waals surface area contributed by atoms with Gasteiger partial charge in [-0.1, -0.05) is 18.2 Å². The van der Waals surface area contributed by atoms with Crippen LogP contribution in [0.2, 0.25) is 0 Å². The minimum Gasteiger partial charge on any atom is -0.326 e. The summed E-state index contributed by atoms with van der Waals surface area (Å²) in [5.74, 6) is -0.312. The predicted octanol–water partition coefficient (Wildman–Crippen LogP) is 3.20. The van der Waals surface area contributed by atoms with Crippen LogP contribution in [0.4, 0.5) is 5.69 Å². The van der Waals surface area contributed by atoms with Crippen LogP contribution in [0.5, 0.6) is 0 Å². The quantitative estimate of drug-likeness (QED) is 0.536. The Labute approximate surface area is 160 Å². The number of benzene rings is 2. The third-order valence-corrected chi connectivity index (χ3v) is 5.67. The Bertz CT molecular complexity index is 952. The number of anilines is 1. The summed E-state index contributed by atoms with van der Waals surface area (Å²) < 4.78 is 27.1. The molecule has 0 aliphatic heterocycles. The fourth-order valence-electron chi connectivity index (χ4n) is 2.46. The summed E-state index contributed by atoms with van der Waals surface area (Å²) in [4.78, 5) is 23.6. The van der Waals surface area contributed by atoms with Gasteiger partial charge < -0.3 is 5.32 Å². The lowest BCUT2D eigenvalue weighted by molar-refractivity contribution is -0.116. The van der Waals surface area contributed by atoms with Crippen molar-refractivity contribution < 1.29 is 18.0 Å². The Balaban J connectivity index is 1.83. The van der Waals surface area contributed by atoms with E-state index >= 15 is 0 Å². The molecule has 27 heavy (non-hydrogen) atoms. The van der Waals surface area contributed by atoms with Gasteiger partial charge in [0.05, 0.1) is 4.90 Å². The Kier molecular flexibility index (Phi) is 6.87. The zero-order chi connectivity index (χ0) is 20.0. The van der Waals surface area contributed by atoms with E-state index in [2.05, 4.69) is 10.0 Å². The third-order valence-electron chi connectivity index (χ3n) is 4.21. The topological polar surface area (TPSA) is 92.3 Å². The van der Waals surface area contributed by atoms with E-state index in [9.17, 15) is 18.0 Å². The second-order valence-corrected chi connectivity index (χ2v) is 8.20. The molecule has 0 radical (unpaired) electrons. The lowest BCUT2D eigenvalue weighted by Gasteiger charge is -2.09. The maximum Gasteiger partial charge on any atom is 0.240 e. The Morgan fingerprint density at radius 2 is 1.74 bits per heavy atom. The summed E-state index contributed by atoms with van der Waals surface area (Å²) in [5.41, 5.74) is 3.00. The van der Waals surface area contributed by atoms with Gasteiger partial charge in [0.15, 0.2) is 5.78 Å². The lowest BCUT2D eigenvalue weighted by Crippen LogP contribution is -2.26. The number of nitrogens with one attached hydrogen (secondary N) is 2. The molecule has 6 nitrogen and oxygen atoms in total. The van der Waals surface area contributed by atoms with E-state index in [1.165, 1.54) is 6.92 Å². The highest BCUT2D eigenvalue weighted by molar-refractivity contribution is 7.89. The molecule has 0 fully saturated rings. The molecule has 7 heteroatoms. The molecule has 0 bridgehead atoms. The van der Waals surface area contributed by atoms with Crippen molar-refractivity contribution in [1.82, 2.24) is 4.72 Å². The normalized spacial score (nSPS) is 11.2. The number of Topliss-reactive ketones (excluding diaryl/α,β-unsaturated/α-hetero) is 1. The Morgan fingerprint density at radius 3 is 2.41 bits per heavy atom. The number of amides is 1. The summed E-state index contributed by atoms with van der Waals surface area (Å²) >= 11 is 0. The number of ketones is 1. The molecule has 0 atom stereocenters. The molecule has 0 heterocycles. The second kappa shape index (κ2) is 8.92. The van der Waals surface area contributed by atoms with Crippen LogP contribution in [-0.4, -0.2) is 26.7 Å². The molecule has 2 rings (SSSR count). The van der Waals surface area contributed by atoms with E-state index in [0.29, 0.717) is 17.7 Å². The van der Waals surface area contributed by atoms with Crippen molar-refractivity contribution in [1.29, 1.82) is 0 Å². The number of aryl methyl sites for hydroxylation is 2. The molecule has 2 N–H and O–H groups in total. The van der Waals surface area contributed by atoms with Gasteiger partial charge in [-0.05, 0) is 62.6 Å². The van der Waals surface area contributed by atoms with Crippen LogP contribution < -0.4 is 10.0 Å². The SMILES string of the molecule is CC(=O)c1cccc(NC(=O)CCCNS(=O)(=O)c2ccc(C)c(C)c2)c1. The van der Waals surface area contributed by atoms with Gasteiger partial charge in [0.25, 0.3) is 0 Å². The molecule has 2 aromatic carbocycles. The number of hydrogen-bond acceptors (Lipinski definition) is 4. The van der Waals surface area contributed by atoms with Crippen molar-refractivity contribution in [3.63, 3.8) is 0 Å². The summed E-state index contributed by atoms with van der Waals surface area (Å²) in [5, 5.41) is 2.71. The molecule has 0 unspecified atom stereocenters. The first-order valence-corrected chi connectivity index (χ1v) is 10.1. The van der Waals surface area contributed by atoms with Crippen molar-refractivity contribution in [2.45, 2.75) is 38.5 Å². The zero-order valence-corrected chi connectivity index (χ0v) is 16.5. The molecule has 0 aliphatic rings. The highest BCUT2D eigenvalue weighted by atomic mass is 32.2. The first kappa shape index (κ1) is 20.8. The first-order chi connectivity index (χ1) is 12.7. The van der Waals surface area contributed by atoms with Gasteiger partial charge in [-0.15, -0.1) is 0 Å². The Morgan fingerprint density at radius 1 is 1.00 bits per heavy atom. The molecule has 2 aromatic rings. The fourth-order valence-corrected chi connectivity index (χ4v) is 3.62. The van der Waals surface area contributed by atoms with Crippen LogP contribution in [0, 0.1) is 13.8 Å². The number of carbonyl (C=O) groups is 2. The summed E-state index contributed by atoms with van der Waals surface area (Å²) in [6.07, 6.45) is 0.530. The summed E-state index contributed by atoms with van der Waals surface area (Å²) in [7, 11) is -3.59. The van der Waals surface area contributed by atoms with Crippen LogP contribution in [0.15, 0.2) is 47.4 Å². The van der Waals surface area contributed by atoms with Gasteiger partial charge in [-0.2, -0.15) is 0 Å². The predicted molar refractivity (Wildman–Crippen MR) is 105 cm³/mol. The molecule has 0 aromatic heterocycles. The minimum atomic E-state index is -3.59. The molecule has 0 aliphatic carbocycles. The van der Waals surface area contributed by atoms with E-state index in [1.807, 2.05) is 13.8 Å². The largest absolute Gasteiger partial charge is 0.326 e. The van der Waals surface area contributed by atoms with E-state index < -0.39 is 10.0 Å². The Hall–Kier alpha value is -2.51. The van der Waals surface area contributed by atoms with Crippen molar-refractivity contribution in [2.24, 2.45) is 0 Å². The summed E-state index contributed by atoms with van der Waals surface area (Å²) in [6, 6.07) is 11.7. The lowest BCUT2D eigenvalue weighted by atomic mass is 10.1. The maximum atomic E-state index is 12.3. The second-order valence-electron chi connectivity index (χ2n) is 6.43. The first-order valence-electron chi connectivity index (χ1n) is 8.67. The van der Waals surface area contributed by atoms with E-state index in [4.69, 9.17) is 0 Å². The number of rotatable bonds is 8. The molecule has 0 spiro atoms. The van der Waals surface area contributed by atoms with Crippen LogP contribution in [0.1, 0.15) is 41.3 Å². The molecular weight excluding hydrogens is 364 g/mol. The number of hydrogen-bond donors (Lipinski definition) is 2. The van der Waals surface area contributed by atoms with Crippen LogP contribution in [0.25, 0.3) is 0 Å². The molecular formula is C20H24N2O4S. The minimum absolute atomic E-state index is 0.0770. The van der Waals surface area contributed by atoms with Crippen molar-refractivity contribution >= 4 is 27.4 Å². The molecule has 1 amide bonds. The van der Waals surface area contributed by atoms with Crippen molar-refractivity contribution in [3.05, 3.63) is 59.2 Å². The monoisotopic (exact) mass is 388 g/mol.